The number of rotatable bonds is 5. The molecule has 1 heterocycles. The fourth-order valence-electron chi connectivity index (χ4n) is 2.45. The van der Waals surface area contributed by atoms with Gasteiger partial charge in [-0.25, -0.2) is 0 Å². The lowest BCUT2D eigenvalue weighted by Gasteiger charge is -2.14. The number of aryl methyl sites for hydroxylation is 2. The van der Waals surface area contributed by atoms with Crippen molar-refractivity contribution < 1.29 is 0 Å². The molecule has 1 aromatic heterocycles. The Morgan fingerprint density at radius 1 is 1.14 bits per heavy atom. The van der Waals surface area contributed by atoms with E-state index in [-0.39, 0.29) is 11.1 Å². The first-order valence-corrected chi connectivity index (χ1v) is 7.50. The third-order valence-corrected chi connectivity index (χ3v) is 3.93. The number of aromatic nitrogens is 1. The Labute approximate surface area is 130 Å². The zero-order valence-corrected chi connectivity index (χ0v) is 13.1. The summed E-state index contributed by atoms with van der Waals surface area (Å²) in [6.07, 6.45) is 1.68. The summed E-state index contributed by atoms with van der Waals surface area (Å²) < 4.78 is 1.69. The van der Waals surface area contributed by atoms with E-state index in [2.05, 4.69) is 26.0 Å². The monoisotopic (exact) mass is 295 g/mol. The summed E-state index contributed by atoms with van der Waals surface area (Å²) in [7, 11) is 0. The molecule has 2 N–H and O–H groups in total. The number of nitrogens with zero attached hydrogens (tertiary/aromatic N) is 2. The van der Waals surface area contributed by atoms with Crippen molar-refractivity contribution in [1.29, 1.82) is 5.26 Å². The van der Waals surface area contributed by atoms with Crippen LogP contribution in [0.2, 0.25) is 0 Å². The number of hydrogen-bond donors (Lipinski definition) is 1. The molecule has 0 aliphatic rings. The van der Waals surface area contributed by atoms with E-state index in [1.165, 1.54) is 11.1 Å². The van der Waals surface area contributed by atoms with Gasteiger partial charge in [0.25, 0.3) is 5.56 Å². The number of hydrogen-bond acceptors (Lipinski definition) is 3. The number of nitriles is 1. The van der Waals surface area contributed by atoms with Crippen LogP contribution in [0.4, 0.5) is 0 Å². The molecule has 0 fully saturated rings. The summed E-state index contributed by atoms with van der Waals surface area (Å²) in [5, 5.41) is 9.07. The number of benzene rings is 1. The number of pyridine rings is 1. The van der Waals surface area contributed by atoms with Crippen LogP contribution in [-0.4, -0.2) is 11.1 Å². The van der Waals surface area contributed by atoms with E-state index in [0.29, 0.717) is 13.1 Å². The Kier molecular flexibility index (Phi) is 5.13. The van der Waals surface area contributed by atoms with Crippen molar-refractivity contribution in [2.75, 3.05) is 6.54 Å². The van der Waals surface area contributed by atoms with E-state index in [1.807, 2.05) is 18.2 Å². The van der Waals surface area contributed by atoms with Gasteiger partial charge in [-0.3, -0.25) is 4.79 Å². The predicted octanol–water partition coefficient (Wildman–Crippen LogP) is 2.74. The second-order valence-corrected chi connectivity index (χ2v) is 5.50. The van der Waals surface area contributed by atoms with Gasteiger partial charge in [-0.05, 0) is 68.1 Å². The molecule has 0 atom stereocenters. The highest BCUT2D eigenvalue weighted by atomic mass is 16.1. The third kappa shape index (κ3) is 3.26. The molecule has 22 heavy (non-hydrogen) atoms. The van der Waals surface area contributed by atoms with Gasteiger partial charge in [0.15, 0.2) is 0 Å². The summed E-state index contributed by atoms with van der Waals surface area (Å²) in [6, 6.07) is 11.6. The van der Waals surface area contributed by atoms with E-state index in [1.54, 1.807) is 10.6 Å². The molecule has 0 radical (unpaired) electrons. The normalized spacial score (nSPS) is 10.5. The summed E-state index contributed by atoms with van der Waals surface area (Å²) in [4.78, 5) is 12.4. The summed E-state index contributed by atoms with van der Waals surface area (Å²) in [5.41, 5.74) is 9.74. The van der Waals surface area contributed by atoms with Crippen LogP contribution >= 0.6 is 0 Å². The Balaban J connectivity index is 2.54. The van der Waals surface area contributed by atoms with Gasteiger partial charge < -0.3 is 10.3 Å². The molecule has 0 saturated heterocycles. The number of unbranched alkanes of at least 4 members (excludes halogenated alkanes) is 1. The molecular weight excluding hydrogens is 274 g/mol. The van der Waals surface area contributed by atoms with Crippen LogP contribution in [0.1, 0.15) is 29.5 Å². The van der Waals surface area contributed by atoms with Gasteiger partial charge >= 0.3 is 0 Å². The lowest BCUT2D eigenvalue weighted by atomic mass is 10.0. The minimum Gasteiger partial charge on any atom is -0.330 e. The van der Waals surface area contributed by atoms with E-state index in [9.17, 15) is 4.79 Å². The summed E-state index contributed by atoms with van der Waals surface area (Å²) in [6.45, 7) is 5.30. The molecule has 0 unspecified atom stereocenters. The van der Waals surface area contributed by atoms with Crippen LogP contribution in [0.5, 0.6) is 0 Å². The largest absolute Gasteiger partial charge is 0.330 e. The SMILES string of the molecule is Cc1ccc(-c2ccc(C#N)c(=O)n2CCCCN)cc1C. The lowest BCUT2D eigenvalue weighted by Crippen LogP contribution is -2.24. The van der Waals surface area contributed by atoms with Gasteiger partial charge in [-0.15, -0.1) is 0 Å². The molecule has 4 heteroatoms. The van der Waals surface area contributed by atoms with Crippen LogP contribution in [0.25, 0.3) is 11.3 Å². The third-order valence-electron chi connectivity index (χ3n) is 3.93. The van der Waals surface area contributed by atoms with Crippen molar-refractivity contribution in [2.45, 2.75) is 33.2 Å². The highest BCUT2D eigenvalue weighted by Crippen LogP contribution is 2.22. The van der Waals surface area contributed by atoms with Crippen LogP contribution in [0, 0.1) is 25.2 Å². The van der Waals surface area contributed by atoms with E-state index in [0.717, 1.165) is 24.1 Å². The molecule has 0 aliphatic carbocycles. The average molecular weight is 295 g/mol. The quantitative estimate of drug-likeness (QED) is 0.862. The Hall–Kier alpha value is -2.38. The predicted molar refractivity (Wildman–Crippen MR) is 88.6 cm³/mol. The lowest BCUT2D eigenvalue weighted by molar-refractivity contribution is 0.602. The van der Waals surface area contributed by atoms with Crippen LogP contribution < -0.4 is 11.3 Å². The highest BCUT2D eigenvalue weighted by molar-refractivity contribution is 5.62. The van der Waals surface area contributed by atoms with Gasteiger partial charge in [-0.2, -0.15) is 5.26 Å². The van der Waals surface area contributed by atoms with Crippen LogP contribution in [0.3, 0.4) is 0 Å². The molecule has 2 rings (SSSR count). The molecule has 0 bridgehead atoms. The topological polar surface area (TPSA) is 71.8 Å². The molecule has 2 aromatic rings. The smallest absolute Gasteiger partial charge is 0.268 e. The fourth-order valence-corrected chi connectivity index (χ4v) is 2.45. The second-order valence-electron chi connectivity index (χ2n) is 5.50. The molecular formula is C18H21N3O. The molecule has 0 spiro atoms. The first kappa shape index (κ1) is 16.0. The average Bonchev–Trinajstić information content (AvgIpc) is 2.51. The maximum Gasteiger partial charge on any atom is 0.268 e. The van der Waals surface area contributed by atoms with Gasteiger partial charge in [0, 0.05) is 6.54 Å². The van der Waals surface area contributed by atoms with Gasteiger partial charge in [0.1, 0.15) is 11.6 Å². The molecule has 0 saturated carbocycles. The van der Waals surface area contributed by atoms with Gasteiger partial charge in [0.2, 0.25) is 0 Å². The zero-order chi connectivity index (χ0) is 16.1. The Bertz CT molecular complexity index is 769. The number of nitrogens with two attached hydrogens (primary N) is 1. The van der Waals surface area contributed by atoms with Crippen molar-refractivity contribution in [3.8, 4) is 17.3 Å². The highest BCUT2D eigenvalue weighted by Gasteiger charge is 2.10. The first-order valence-electron chi connectivity index (χ1n) is 7.50. The molecule has 1 aromatic carbocycles. The maximum atomic E-state index is 12.4. The molecule has 114 valence electrons. The van der Waals surface area contributed by atoms with Crippen molar-refractivity contribution in [2.24, 2.45) is 5.73 Å². The summed E-state index contributed by atoms with van der Waals surface area (Å²) >= 11 is 0. The van der Waals surface area contributed by atoms with Crippen LogP contribution in [0.15, 0.2) is 35.1 Å². The summed E-state index contributed by atoms with van der Waals surface area (Å²) in [5.74, 6) is 0. The van der Waals surface area contributed by atoms with E-state index in [4.69, 9.17) is 11.0 Å². The van der Waals surface area contributed by atoms with Crippen molar-refractivity contribution in [1.82, 2.24) is 4.57 Å². The molecule has 0 amide bonds. The minimum atomic E-state index is -0.227. The van der Waals surface area contributed by atoms with E-state index >= 15 is 0 Å². The van der Waals surface area contributed by atoms with Crippen molar-refractivity contribution in [3.05, 3.63) is 57.4 Å². The van der Waals surface area contributed by atoms with Crippen LogP contribution in [-0.2, 0) is 6.54 Å². The fraction of sp³-hybridized carbons (Fsp3) is 0.333. The molecule has 4 nitrogen and oxygen atoms in total. The second kappa shape index (κ2) is 7.06. The van der Waals surface area contributed by atoms with Crippen molar-refractivity contribution >= 4 is 0 Å². The Morgan fingerprint density at radius 2 is 1.91 bits per heavy atom. The Morgan fingerprint density at radius 3 is 2.55 bits per heavy atom. The maximum absolute atomic E-state index is 12.4. The zero-order valence-electron chi connectivity index (χ0n) is 13.1. The van der Waals surface area contributed by atoms with Gasteiger partial charge in [0.05, 0.1) is 5.69 Å². The van der Waals surface area contributed by atoms with E-state index < -0.39 is 0 Å². The van der Waals surface area contributed by atoms with Crippen molar-refractivity contribution in [3.63, 3.8) is 0 Å². The molecule has 0 aliphatic heterocycles. The standard InChI is InChI=1S/C18H21N3O/c1-13-5-6-15(11-14(13)2)17-8-7-16(12-20)18(22)21(17)10-4-3-9-19/h5-8,11H,3-4,9-10,19H2,1-2H3. The minimum absolute atomic E-state index is 0.181. The first-order chi connectivity index (χ1) is 10.6. The van der Waals surface area contributed by atoms with Gasteiger partial charge in [-0.1, -0.05) is 12.1 Å².